The second-order valence-corrected chi connectivity index (χ2v) is 11.6. The average Bonchev–Trinajstić information content (AvgIpc) is 3.64. The van der Waals surface area contributed by atoms with Gasteiger partial charge in [-0.15, -0.1) is 10.2 Å². The lowest BCUT2D eigenvalue weighted by molar-refractivity contribution is -0.117. The van der Waals surface area contributed by atoms with Gasteiger partial charge in [0.2, 0.25) is 5.91 Å². The number of amides is 3. The number of pyridine rings is 1. The maximum atomic E-state index is 13.2. The van der Waals surface area contributed by atoms with Crippen molar-refractivity contribution in [1.82, 2.24) is 20.5 Å². The van der Waals surface area contributed by atoms with Crippen LogP contribution in [-0.2, 0) is 19.3 Å². The van der Waals surface area contributed by atoms with Crippen LogP contribution in [0.5, 0.6) is 0 Å². The molecule has 14 heteroatoms. The van der Waals surface area contributed by atoms with E-state index >= 15 is 0 Å². The Balaban J connectivity index is 1.99. The highest BCUT2D eigenvalue weighted by Gasteiger charge is 2.30. The van der Waals surface area contributed by atoms with Crippen molar-refractivity contribution in [3.05, 3.63) is 24.0 Å². The van der Waals surface area contributed by atoms with E-state index in [9.17, 15) is 18.6 Å². The summed E-state index contributed by atoms with van der Waals surface area (Å²) in [6.45, 7) is 5.19. The Kier molecular flexibility index (Phi) is 7.77. The summed E-state index contributed by atoms with van der Waals surface area (Å²) in [5, 5.41) is 18.5. The van der Waals surface area contributed by atoms with E-state index in [1.54, 1.807) is 20.8 Å². The number of nitrogens with zero attached hydrogens (tertiary/aromatic N) is 4. The number of hydrogen-bond acceptors (Lipinski definition) is 10. The van der Waals surface area contributed by atoms with Crippen molar-refractivity contribution in [2.75, 3.05) is 36.3 Å². The molecule has 1 aliphatic rings. The Morgan fingerprint density at radius 1 is 1.14 bits per heavy atom. The first-order valence-electron chi connectivity index (χ1n) is 11.1. The predicted octanol–water partition coefficient (Wildman–Crippen LogP) is 2.76. The molecular formula is C22H30N8O5S. The Bertz CT molecular complexity index is 1310. The zero-order valence-electron chi connectivity index (χ0n) is 21.0. The number of anilines is 4. The van der Waals surface area contributed by atoms with Crippen molar-refractivity contribution in [2.45, 2.75) is 44.1 Å². The molecule has 4 N–H and O–H groups in total. The van der Waals surface area contributed by atoms with E-state index in [1.165, 1.54) is 38.7 Å². The van der Waals surface area contributed by atoms with Gasteiger partial charge in [0.15, 0.2) is 11.5 Å². The smallest absolute Gasteiger partial charge is 0.412 e. The molecule has 0 aliphatic heterocycles. The van der Waals surface area contributed by atoms with Crippen LogP contribution in [0.2, 0.25) is 0 Å². The predicted molar refractivity (Wildman–Crippen MR) is 135 cm³/mol. The zero-order valence-corrected chi connectivity index (χ0v) is 21.8. The standard InChI is InChI=1S/C22H30N8O5S/c1-22(2,3)35-21(33)26-13-9-15(36(6,34)24-5)18(25-11-13)27-14-10-16(28-19(31)12-7-8-12)29-30-17(14)20(32)23-4/h9-12H,7-8H2,1-6H3,(H,23,32)(H,26,33)(H2,25,27,28,29,31). The average molecular weight is 519 g/mol. The molecule has 1 atom stereocenters. The Hall–Kier alpha value is -3.81. The summed E-state index contributed by atoms with van der Waals surface area (Å²) in [7, 11) is -0.126. The van der Waals surface area contributed by atoms with Crippen LogP contribution in [0, 0.1) is 5.92 Å². The summed E-state index contributed by atoms with van der Waals surface area (Å²) in [6.07, 6.45) is 3.66. The van der Waals surface area contributed by atoms with Gasteiger partial charge in [-0.1, -0.05) is 0 Å². The van der Waals surface area contributed by atoms with Gasteiger partial charge in [-0.2, -0.15) is 0 Å². The van der Waals surface area contributed by atoms with E-state index in [-0.39, 0.29) is 45.4 Å². The highest BCUT2D eigenvalue weighted by atomic mass is 32.2. The fourth-order valence-corrected chi connectivity index (χ4v) is 3.96. The number of hydrogen-bond donors (Lipinski definition) is 4. The highest BCUT2D eigenvalue weighted by molar-refractivity contribution is 7.93. The van der Waals surface area contributed by atoms with E-state index in [1.807, 2.05) is 0 Å². The van der Waals surface area contributed by atoms with Gasteiger partial charge in [0, 0.05) is 32.3 Å². The van der Waals surface area contributed by atoms with Crippen LogP contribution < -0.4 is 21.3 Å². The maximum Gasteiger partial charge on any atom is 0.412 e. The highest BCUT2D eigenvalue weighted by Crippen LogP contribution is 2.31. The molecule has 0 aromatic carbocycles. The van der Waals surface area contributed by atoms with E-state index < -0.39 is 27.3 Å². The molecule has 2 aromatic heterocycles. The molecule has 0 bridgehead atoms. The van der Waals surface area contributed by atoms with Crippen molar-refractivity contribution in [3.63, 3.8) is 0 Å². The molecule has 0 saturated heterocycles. The topological polar surface area (TPSA) is 177 Å². The lowest BCUT2D eigenvalue weighted by Gasteiger charge is -2.20. The molecule has 13 nitrogen and oxygen atoms in total. The second kappa shape index (κ2) is 10.4. The normalized spacial score (nSPS) is 14.7. The van der Waals surface area contributed by atoms with Crippen molar-refractivity contribution < 1.29 is 23.3 Å². The number of carbonyl (C=O) groups excluding carboxylic acids is 3. The van der Waals surface area contributed by atoms with Gasteiger partial charge in [-0.25, -0.2) is 18.4 Å². The Labute approximate surface area is 209 Å². The minimum Gasteiger partial charge on any atom is -0.444 e. The molecule has 1 unspecified atom stereocenters. The molecule has 2 aromatic rings. The molecule has 1 fully saturated rings. The van der Waals surface area contributed by atoms with Gasteiger partial charge in [-0.3, -0.25) is 14.9 Å². The lowest BCUT2D eigenvalue weighted by atomic mass is 10.2. The fourth-order valence-electron chi connectivity index (χ4n) is 2.95. The molecule has 2 heterocycles. The quantitative estimate of drug-likeness (QED) is 0.429. The molecule has 194 valence electrons. The largest absolute Gasteiger partial charge is 0.444 e. The third-order valence-electron chi connectivity index (χ3n) is 4.94. The van der Waals surface area contributed by atoms with Crippen LogP contribution in [0.3, 0.4) is 0 Å². The van der Waals surface area contributed by atoms with Crippen LogP contribution in [0.1, 0.15) is 44.1 Å². The number of carbonyl (C=O) groups is 3. The molecule has 36 heavy (non-hydrogen) atoms. The summed E-state index contributed by atoms with van der Waals surface area (Å²) < 4.78 is 22.5. The van der Waals surface area contributed by atoms with Crippen molar-refractivity contribution in [3.8, 4) is 0 Å². The summed E-state index contributed by atoms with van der Waals surface area (Å²) >= 11 is 0. The van der Waals surface area contributed by atoms with Gasteiger partial charge in [0.1, 0.15) is 11.4 Å². The fraction of sp³-hybridized carbons (Fsp3) is 0.455. The zero-order chi connectivity index (χ0) is 26.7. The summed E-state index contributed by atoms with van der Waals surface area (Å²) in [6, 6.07) is 2.90. The summed E-state index contributed by atoms with van der Waals surface area (Å²) in [4.78, 5) is 41.2. The monoisotopic (exact) mass is 518 g/mol. The van der Waals surface area contributed by atoms with Gasteiger partial charge < -0.3 is 20.7 Å². The molecule has 1 saturated carbocycles. The molecular weight excluding hydrogens is 488 g/mol. The van der Waals surface area contributed by atoms with Gasteiger partial charge in [0.25, 0.3) is 5.91 Å². The minimum absolute atomic E-state index is 0.0592. The van der Waals surface area contributed by atoms with Crippen LogP contribution >= 0.6 is 0 Å². The van der Waals surface area contributed by atoms with Crippen molar-refractivity contribution >= 4 is 50.6 Å². The Morgan fingerprint density at radius 3 is 2.42 bits per heavy atom. The van der Waals surface area contributed by atoms with E-state index in [2.05, 4.69) is 40.8 Å². The third-order valence-corrected chi connectivity index (χ3v) is 6.77. The third kappa shape index (κ3) is 6.87. The van der Waals surface area contributed by atoms with Crippen molar-refractivity contribution in [1.29, 1.82) is 0 Å². The first-order chi connectivity index (χ1) is 16.8. The van der Waals surface area contributed by atoms with Crippen LogP contribution in [0.15, 0.2) is 27.6 Å². The molecule has 0 radical (unpaired) electrons. The minimum atomic E-state index is -2.96. The van der Waals surface area contributed by atoms with E-state index in [0.717, 1.165) is 12.8 Å². The maximum absolute atomic E-state index is 13.2. The number of aromatic nitrogens is 3. The number of rotatable bonds is 7. The van der Waals surface area contributed by atoms with Gasteiger partial charge in [-0.05, 0) is 39.7 Å². The lowest BCUT2D eigenvalue weighted by Crippen LogP contribution is -2.27. The van der Waals surface area contributed by atoms with Crippen LogP contribution in [-0.4, -0.2) is 63.3 Å². The summed E-state index contributed by atoms with van der Waals surface area (Å²) in [5.41, 5.74) is -0.374. The van der Waals surface area contributed by atoms with Gasteiger partial charge >= 0.3 is 6.09 Å². The second-order valence-electron chi connectivity index (χ2n) is 9.14. The first-order valence-corrected chi connectivity index (χ1v) is 13.0. The van der Waals surface area contributed by atoms with Gasteiger partial charge in [0.05, 0.1) is 32.2 Å². The summed E-state index contributed by atoms with van der Waals surface area (Å²) in [5.74, 6) is -0.520. The van der Waals surface area contributed by atoms with Crippen LogP contribution in [0.25, 0.3) is 0 Å². The first kappa shape index (κ1) is 26.8. The number of ether oxygens (including phenoxy) is 1. The Morgan fingerprint density at radius 2 is 1.83 bits per heavy atom. The molecule has 3 rings (SSSR count). The van der Waals surface area contributed by atoms with E-state index in [0.29, 0.717) is 0 Å². The van der Waals surface area contributed by atoms with Crippen LogP contribution in [0.4, 0.5) is 27.8 Å². The SMILES string of the molecule is CN=S(C)(=O)c1cc(NC(=O)OC(C)(C)C)cnc1Nc1cc(NC(=O)C2CC2)nnc1C(=O)NC. The molecule has 3 amide bonds. The molecule has 1 aliphatic carbocycles. The van der Waals surface area contributed by atoms with Crippen molar-refractivity contribution in [2.24, 2.45) is 10.3 Å². The van der Waals surface area contributed by atoms with E-state index in [4.69, 9.17) is 4.74 Å². The number of nitrogens with one attached hydrogen (secondary N) is 4. The molecule has 0 spiro atoms.